The molecule has 0 radical (unpaired) electrons. The van der Waals surface area contributed by atoms with Crippen molar-refractivity contribution >= 4 is 17.3 Å². The van der Waals surface area contributed by atoms with Gasteiger partial charge in [-0.3, -0.25) is 10.1 Å². The lowest BCUT2D eigenvalue weighted by Gasteiger charge is -2.10. The van der Waals surface area contributed by atoms with Gasteiger partial charge in [0.2, 0.25) is 11.6 Å². The van der Waals surface area contributed by atoms with Crippen LogP contribution in [0.2, 0.25) is 0 Å². The van der Waals surface area contributed by atoms with E-state index in [9.17, 15) is 10.1 Å². The monoisotopic (exact) mass is 395 g/mol. The van der Waals surface area contributed by atoms with Gasteiger partial charge >= 0.3 is 5.69 Å². The molecule has 0 aliphatic rings. The minimum Gasteiger partial charge on any atom is -0.497 e. The van der Waals surface area contributed by atoms with Gasteiger partial charge in [-0.25, -0.2) is 9.97 Å². The van der Waals surface area contributed by atoms with E-state index in [1.807, 2.05) is 48.5 Å². The van der Waals surface area contributed by atoms with E-state index in [0.717, 1.165) is 22.6 Å². The van der Waals surface area contributed by atoms with E-state index in [2.05, 4.69) is 15.3 Å². The summed E-state index contributed by atoms with van der Waals surface area (Å²) in [6.07, 6.45) is 0.378. The maximum absolute atomic E-state index is 11.5. The maximum atomic E-state index is 11.5. The molecule has 0 amide bonds. The van der Waals surface area contributed by atoms with Crippen LogP contribution in [0.3, 0.4) is 0 Å². The minimum atomic E-state index is -0.581. The number of nitrogens with two attached hydrogens (primary N) is 1. The van der Waals surface area contributed by atoms with Gasteiger partial charge in [0.25, 0.3) is 0 Å². The summed E-state index contributed by atoms with van der Waals surface area (Å²) in [5, 5.41) is 14.5. The Balaban J connectivity index is 1.83. The summed E-state index contributed by atoms with van der Waals surface area (Å²) in [4.78, 5) is 19.3. The molecule has 0 bridgehead atoms. The number of rotatable bonds is 8. The molecular weight excluding hydrogens is 374 g/mol. The highest BCUT2D eigenvalue weighted by molar-refractivity contribution is 5.68. The molecule has 3 rings (SSSR count). The Morgan fingerprint density at radius 2 is 1.52 bits per heavy atom. The summed E-state index contributed by atoms with van der Waals surface area (Å²) >= 11 is 0. The Kier molecular flexibility index (Phi) is 6.08. The van der Waals surface area contributed by atoms with Crippen LogP contribution in [0.5, 0.6) is 11.5 Å². The Hall–Kier alpha value is -3.88. The van der Waals surface area contributed by atoms with Gasteiger partial charge in [-0.2, -0.15) is 0 Å². The van der Waals surface area contributed by atoms with Crippen LogP contribution in [-0.4, -0.2) is 29.1 Å². The average Bonchev–Trinajstić information content (AvgIpc) is 2.72. The number of anilines is 2. The first-order valence-electron chi connectivity index (χ1n) is 8.80. The van der Waals surface area contributed by atoms with Crippen molar-refractivity contribution in [3.8, 4) is 11.5 Å². The summed E-state index contributed by atoms with van der Waals surface area (Å²) in [6.45, 7) is 0.337. The zero-order valence-electron chi connectivity index (χ0n) is 16.1. The van der Waals surface area contributed by atoms with Crippen LogP contribution >= 0.6 is 0 Å². The van der Waals surface area contributed by atoms with Crippen molar-refractivity contribution < 1.29 is 14.4 Å². The lowest BCUT2D eigenvalue weighted by molar-refractivity contribution is -0.383. The van der Waals surface area contributed by atoms with Gasteiger partial charge in [0.1, 0.15) is 17.3 Å². The number of nitrogen functional groups attached to an aromatic ring is 1. The lowest BCUT2D eigenvalue weighted by Crippen LogP contribution is -2.11. The molecule has 29 heavy (non-hydrogen) atoms. The maximum Gasteiger partial charge on any atom is 0.353 e. The van der Waals surface area contributed by atoms with Gasteiger partial charge in [-0.05, 0) is 35.4 Å². The van der Waals surface area contributed by atoms with Crippen molar-refractivity contribution in [2.45, 2.75) is 13.0 Å². The van der Waals surface area contributed by atoms with E-state index in [0.29, 0.717) is 18.8 Å². The van der Waals surface area contributed by atoms with Crippen LogP contribution in [0.4, 0.5) is 17.3 Å². The third-order valence-corrected chi connectivity index (χ3v) is 4.28. The predicted molar refractivity (Wildman–Crippen MR) is 109 cm³/mol. The summed E-state index contributed by atoms with van der Waals surface area (Å²) in [5.74, 6) is 1.76. The van der Waals surface area contributed by atoms with Crippen molar-refractivity contribution in [1.82, 2.24) is 9.97 Å². The molecule has 9 heteroatoms. The fourth-order valence-electron chi connectivity index (χ4n) is 2.76. The molecule has 150 valence electrons. The largest absolute Gasteiger partial charge is 0.497 e. The highest BCUT2D eigenvalue weighted by Crippen LogP contribution is 2.29. The average molecular weight is 395 g/mol. The van der Waals surface area contributed by atoms with Crippen molar-refractivity contribution in [1.29, 1.82) is 0 Å². The molecule has 0 atom stereocenters. The summed E-state index contributed by atoms with van der Waals surface area (Å²) in [7, 11) is 3.18. The molecule has 0 saturated heterocycles. The second-order valence-electron chi connectivity index (χ2n) is 6.21. The number of ether oxygens (including phenoxy) is 2. The van der Waals surface area contributed by atoms with E-state index in [1.54, 1.807) is 14.2 Å². The number of nitrogens with zero attached hydrogens (tertiary/aromatic N) is 3. The predicted octanol–water partition coefficient (Wildman–Crippen LogP) is 3.19. The van der Waals surface area contributed by atoms with E-state index in [4.69, 9.17) is 15.2 Å². The van der Waals surface area contributed by atoms with Crippen molar-refractivity contribution in [3.05, 3.63) is 75.6 Å². The normalized spacial score (nSPS) is 10.4. The van der Waals surface area contributed by atoms with Crippen molar-refractivity contribution in [3.63, 3.8) is 0 Å². The Morgan fingerprint density at radius 1 is 0.966 bits per heavy atom. The van der Waals surface area contributed by atoms with E-state index < -0.39 is 4.92 Å². The number of methoxy groups -OCH3 is 2. The highest BCUT2D eigenvalue weighted by atomic mass is 16.6. The first-order chi connectivity index (χ1) is 14.0. The SMILES string of the molecule is COc1ccc(CNc2nc(Cc3ccc(OC)cc3)nc(N)c2[N+](=O)[O-])cc1. The number of hydrogen-bond donors (Lipinski definition) is 2. The quantitative estimate of drug-likeness (QED) is 0.440. The van der Waals surface area contributed by atoms with Gasteiger partial charge in [-0.15, -0.1) is 0 Å². The van der Waals surface area contributed by atoms with Crippen LogP contribution in [0.1, 0.15) is 17.0 Å². The summed E-state index contributed by atoms with van der Waals surface area (Å²) in [5.41, 5.74) is 7.37. The number of nitrogens with one attached hydrogen (secondary N) is 1. The Bertz CT molecular complexity index is 991. The van der Waals surface area contributed by atoms with Crippen LogP contribution in [0.15, 0.2) is 48.5 Å². The molecule has 0 aliphatic heterocycles. The van der Waals surface area contributed by atoms with E-state index in [1.165, 1.54) is 0 Å². The third kappa shape index (κ3) is 4.89. The number of hydrogen-bond acceptors (Lipinski definition) is 8. The first kappa shape index (κ1) is 19.9. The van der Waals surface area contributed by atoms with Crippen LogP contribution in [0, 0.1) is 10.1 Å². The zero-order valence-corrected chi connectivity index (χ0v) is 16.1. The third-order valence-electron chi connectivity index (χ3n) is 4.28. The number of nitro groups is 1. The van der Waals surface area contributed by atoms with Gasteiger partial charge in [0.15, 0.2) is 0 Å². The molecule has 0 unspecified atom stereocenters. The second-order valence-corrected chi connectivity index (χ2v) is 6.21. The minimum absolute atomic E-state index is 0.0850. The van der Waals surface area contributed by atoms with Crippen molar-refractivity contribution in [2.24, 2.45) is 0 Å². The Labute approximate surface area is 167 Å². The Morgan fingerprint density at radius 3 is 2.03 bits per heavy atom. The second kappa shape index (κ2) is 8.87. The van der Waals surface area contributed by atoms with Crippen molar-refractivity contribution in [2.75, 3.05) is 25.3 Å². The van der Waals surface area contributed by atoms with Crippen LogP contribution in [0.25, 0.3) is 0 Å². The molecule has 1 heterocycles. The molecule has 0 aliphatic carbocycles. The lowest BCUT2D eigenvalue weighted by atomic mass is 10.1. The molecular formula is C20H21N5O4. The van der Waals surface area contributed by atoms with Gasteiger partial charge < -0.3 is 20.5 Å². The molecule has 2 aromatic carbocycles. The topological polar surface area (TPSA) is 125 Å². The van der Waals surface area contributed by atoms with Crippen LogP contribution in [-0.2, 0) is 13.0 Å². The molecule has 0 fully saturated rings. The molecule has 3 aromatic rings. The molecule has 1 aromatic heterocycles. The first-order valence-corrected chi connectivity index (χ1v) is 8.80. The fraction of sp³-hybridized carbons (Fsp3) is 0.200. The van der Waals surface area contributed by atoms with Gasteiger partial charge in [0.05, 0.1) is 19.1 Å². The molecule has 9 nitrogen and oxygen atoms in total. The smallest absolute Gasteiger partial charge is 0.353 e. The summed E-state index contributed by atoms with van der Waals surface area (Å²) < 4.78 is 10.3. The van der Waals surface area contributed by atoms with E-state index in [-0.39, 0.29) is 17.3 Å². The zero-order chi connectivity index (χ0) is 20.8. The standard InChI is InChI=1S/C20H21N5O4/c1-28-15-7-3-13(4-8-15)11-17-23-19(21)18(25(26)27)20(24-17)22-12-14-5-9-16(29-2)10-6-14/h3-10H,11-12H2,1-2H3,(H3,21,22,23,24). The van der Waals surface area contributed by atoms with E-state index >= 15 is 0 Å². The summed E-state index contributed by atoms with van der Waals surface area (Å²) in [6, 6.07) is 14.8. The highest BCUT2D eigenvalue weighted by Gasteiger charge is 2.23. The van der Waals surface area contributed by atoms with Gasteiger partial charge in [-0.1, -0.05) is 24.3 Å². The number of benzene rings is 2. The van der Waals surface area contributed by atoms with Crippen LogP contribution < -0.4 is 20.5 Å². The molecule has 0 saturated carbocycles. The number of aromatic nitrogens is 2. The fourth-order valence-corrected chi connectivity index (χ4v) is 2.76. The van der Waals surface area contributed by atoms with Gasteiger partial charge in [0, 0.05) is 13.0 Å². The molecule has 0 spiro atoms. The molecule has 3 N–H and O–H groups in total.